The highest BCUT2D eigenvalue weighted by Gasteiger charge is 2.17. The minimum absolute atomic E-state index is 0.00810. The summed E-state index contributed by atoms with van der Waals surface area (Å²) in [5.74, 6) is -0.00810. The molecule has 1 aromatic rings. The predicted molar refractivity (Wildman–Crippen MR) is 61.2 cm³/mol. The van der Waals surface area contributed by atoms with E-state index in [4.69, 9.17) is 0 Å². The van der Waals surface area contributed by atoms with Crippen LogP contribution in [0.2, 0.25) is 0 Å². The van der Waals surface area contributed by atoms with Crippen LogP contribution in [0.3, 0.4) is 0 Å². The van der Waals surface area contributed by atoms with Gasteiger partial charge in [0.25, 0.3) is 5.91 Å². The largest absolute Gasteiger partial charge is 0.348 e. The summed E-state index contributed by atoms with van der Waals surface area (Å²) in [4.78, 5) is 15.9. The van der Waals surface area contributed by atoms with Crippen LogP contribution in [0.15, 0.2) is 5.38 Å². The zero-order valence-corrected chi connectivity index (χ0v) is 9.77. The molecular weight excluding hydrogens is 208 g/mol. The van der Waals surface area contributed by atoms with E-state index >= 15 is 0 Å². The van der Waals surface area contributed by atoms with Crippen molar-refractivity contribution in [3.05, 3.63) is 16.1 Å². The molecule has 4 heteroatoms. The molecule has 0 aliphatic heterocycles. The molecule has 0 saturated heterocycles. The number of amides is 1. The van der Waals surface area contributed by atoms with Gasteiger partial charge in [-0.25, -0.2) is 4.98 Å². The summed E-state index contributed by atoms with van der Waals surface area (Å²) in [5, 5.41) is 5.83. The first-order chi connectivity index (χ1) is 7.25. The van der Waals surface area contributed by atoms with Gasteiger partial charge in [-0.05, 0) is 19.8 Å². The molecule has 15 heavy (non-hydrogen) atoms. The Morgan fingerprint density at radius 1 is 1.47 bits per heavy atom. The number of carbonyl (C=O) groups excluding carboxylic acids is 1. The minimum Gasteiger partial charge on any atom is -0.348 e. The summed E-state index contributed by atoms with van der Waals surface area (Å²) < 4.78 is 0. The van der Waals surface area contributed by atoms with Crippen molar-refractivity contribution in [2.24, 2.45) is 0 Å². The predicted octanol–water partition coefficient (Wildman–Crippen LogP) is 2.51. The Hall–Kier alpha value is -0.900. The van der Waals surface area contributed by atoms with E-state index in [2.05, 4.69) is 10.3 Å². The summed E-state index contributed by atoms with van der Waals surface area (Å²) in [5.41, 5.74) is 0.572. The fourth-order valence-corrected chi connectivity index (χ4v) is 2.57. The second-order valence-corrected chi connectivity index (χ2v) is 5.12. The Bertz CT molecular complexity index is 342. The third-order valence-electron chi connectivity index (χ3n) is 2.79. The molecule has 1 aliphatic carbocycles. The standard InChI is InChI=1S/C11H16N2OS/c1-8-12-10(7-15-8)11(14)13-9-5-3-2-4-6-9/h7,9H,2-6H2,1H3,(H,13,14). The molecule has 3 nitrogen and oxygen atoms in total. The van der Waals surface area contributed by atoms with Crippen LogP contribution >= 0.6 is 11.3 Å². The van der Waals surface area contributed by atoms with Crippen molar-refractivity contribution in [2.45, 2.75) is 45.1 Å². The molecule has 0 bridgehead atoms. The summed E-state index contributed by atoms with van der Waals surface area (Å²) in [6, 6.07) is 0.369. The van der Waals surface area contributed by atoms with Crippen LogP contribution < -0.4 is 5.32 Å². The Kier molecular flexibility index (Phi) is 3.36. The molecular formula is C11H16N2OS. The monoisotopic (exact) mass is 224 g/mol. The van der Waals surface area contributed by atoms with Gasteiger partial charge in [0.2, 0.25) is 0 Å². The number of carbonyl (C=O) groups is 1. The van der Waals surface area contributed by atoms with Crippen molar-refractivity contribution in [1.82, 2.24) is 10.3 Å². The summed E-state index contributed by atoms with van der Waals surface area (Å²) in [7, 11) is 0. The van der Waals surface area contributed by atoms with Crippen LogP contribution in [0.4, 0.5) is 0 Å². The first kappa shape index (κ1) is 10.6. The van der Waals surface area contributed by atoms with Gasteiger partial charge in [-0.1, -0.05) is 19.3 Å². The van der Waals surface area contributed by atoms with Crippen molar-refractivity contribution in [3.63, 3.8) is 0 Å². The fraction of sp³-hybridized carbons (Fsp3) is 0.636. The average Bonchev–Trinajstić information content (AvgIpc) is 2.66. The van der Waals surface area contributed by atoms with Crippen LogP contribution in [-0.2, 0) is 0 Å². The SMILES string of the molecule is Cc1nc(C(=O)NC2CCCCC2)cs1. The number of hydrogen-bond acceptors (Lipinski definition) is 3. The fourth-order valence-electron chi connectivity index (χ4n) is 1.97. The first-order valence-corrected chi connectivity index (χ1v) is 6.36. The molecule has 1 aliphatic rings. The molecule has 2 rings (SSSR count). The van der Waals surface area contributed by atoms with E-state index in [1.165, 1.54) is 30.6 Å². The molecule has 0 unspecified atom stereocenters. The smallest absolute Gasteiger partial charge is 0.270 e. The zero-order chi connectivity index (χ0) is 10.7. The summed E-state index contributed by atoms with van der Waals surface area (Å²) in [6.07, 6.45) is 6.02. The molecule has 1 amide bonds. The Balaban J connectivity index is 1.91. The van der Waals surface area contributed by atoms with Gasteiger partial charge < -0.3 is 5.32 Å². The molecule has 1 N–H and O–H groups in total. The topological polar surface area (TPSA) is 42.0 Å². The third-order valence-corrected chi connectivity index (χ3v) is 3.57. The maximum Gasteiger partial charge on any atom is 0.270 e. The van der Waals surface area contributed by atoms with Crippen molar-refractivity contribution in [1.29, 1.82) is 0 Å². The second kappa shape index (κ2) is 4.75. The molecule has 1 heterocycles. The van der Waals surface area contributed by atoms with Gasteiger partial charge in [0.15, 0.2) is 0 Å². The number of aromatic nitrogens is 1. The molecule has 0 aromatic carbocycles. The lowest BCUT2D eigenvalue weighted by Gasteiger charge is -2.22. The van der Waals surface area contributed by atoms with Crippen LogP contribution in [0.1, 0.15) is 47.6 Å². The van der Waals surface area contributed by atoms with E-state index < -0.39 is 0 Å². The molecule has 1 fully saturated rings. The van der Waals surface area contributed by atoms with Crippen LogP contribution in [-0.4, -0.2) is 16.9 Å². The number of thiazole rings is 1. The number of nitrogens with zero attached hydrogens (tertiary/aromatic N) is 1. The van der Waals surface area contributed by atoms with E-state index in [0.29, 0.717) is 11.7 Å². The van der Waals surface area contributed by atoms with Crippen LogP contribution in [0.25, 0.3) is 0 Å². The first-order valence-electron chi connectivity index (χ1n) is 5.49. The normalized spacial score (nSPS) is 17.7. The maximum absolute atomic E-state index is 11.8. The highest BCUT2D eigenvalue weighted by atomic mass is 32.1. The maximum atomic E-state index is 11.8. The molecule has 0 radical (unpaired) electrons. The van der Waals surface area contributed by atoms with Gasteiger partial charge in [-0.3, -0.25) is 4.79 Å². The zero-order valence-electron chi connectivity index (χ0n) is 8.95. The van der Waals surface area contributed by atoms with Crippen molar-refractivity contribution < 1.29 is 4.79 Å². The van der Waals surface area contributed by atoms with Gasteiger partial charge in [0, 0.05) is 11.4 Å². The van der Waals surface area contributed by atoms with E-state index in [-0.39, 0.29) is 5.91 Å². The number of hydrogen-bond donors (Lipinski definition) is 1. The molecule has 1 saturated carbocycles. The number of nitrogens with one attached hydrogen (secondary N) is 1. The molecule has 1 aromatic heterocycles. The lowest BCUT2D eigenvalue weighted by molar-refractivity contribution is 0.0923. The van der Waals surface area contributed by atoms with Crippen LogP contribution in [0, 0.1) is 6.92 Å². The van der Waals surface area contributed by atoms with Gasteiger partial charge in [0.1, 0.15) is 5.69 Å². The van der Waals surface area contributed by atoms with Gasteiger partial charge in [0.05, 0.1) is 5.01 Å². The van der Waals surface area contributed by atoms with E-state index in [1.807, 2.05) is 12.3 Å². The summed E-state index contributed by atoms with van der Waals surface area (Å²) >= 11 is 1.52. The molecule has 0 spiro atoms. The van der Waals surface area contributed by atoms with Crippen molar-refractivity contribution in [3.8, 4) is 0 Å². The van der Waals surface area contributed by atoms with Gasteiger partial charge in [-0.15, -0.1) is 11.3 Å². The number of rotatable bonds is 2. The minimum atomic E-state index is -0.00810. The Morgan fingerprint density at radius 3 is 2.80 bits per heavy atom. The average molecular weight is 224 g/mol. The van der Waals surface area contributed by atoms with Crippen molar-refractivity contribution in [2.75, 3.05) is 0 Å². The number of aryl methyl sites for hydroxylation is 1. The van der Waals surface area contributed by atoms with E-state index in [0.717, 1.165) is 17.8 Å². The summed E-state index contributed by atoms with van der Waals surface area (Å²) in [6.45, 7) is 1.92. The van der Waals surface area contributed by atoms with Gasteiger partial charge >= 0.3 is 0 Å². The van der Waals surface area contributed by atoms with E-state index in [9.17, 15) is 4.79 Å². The third kappa shape index (κ3) is 2.78. The quantitative estimate of drug-likeness (QED) is 0.838. The molecule has 82 valence electrons. The van der Waals surface area contributed by atoms with Crippen LogP contribution in [0.5, 0.6) is 0 Å². The lowest BCUT2D eigenvalue weighted by Crippen LogP contribution is -2.36. The Morgan fingerprint density at radius 2 is 2.20 bits per heavy atom. The lowest BCUT2D eigenvalue weighted by atomic mass is 9.95. The second-order valence-electron chi connectivity index (χ2n) is 4.06. The Labute approximate surface area is 93.9 Å². The molecule has 0 atom stereocenters. The highest BCUT2D eigenvalue weighted by molar-refractivity contribution is 7.09. The van der Waals surface area contributed by atoms with E-state index in [1.54, 1.807) is 0 Å². The van der Waals surface area contributed by atoms with Gasteiger partial charge in [-0.2, -0.15) is 0 Å². The highest BCUT2D eigenvalue weighted by Crippen LogP contribution is 2.18. The van der Waals surface area contributed by atoms with Crippen molar-refractivity contribution >= 4 is 17.2 Å².